The number of nitrogens with zero attached hydrogens (tertiary/aromatic N) is 1. The maximum absolute atomic E-state index is 13.4. The molecule has 0 aromatic heterocycles. The van der Waals surface area contributed by atoms with Gasteiger partial charge < -0.3 is 20.3 Å². The van der Waals surface area contributed by atoms with Gasteiger partial charge in [-0.1, -0.05) is 35.9 Å². The van der Waals surface area contributed by atoms with Gasteiger partial charge in [-0.25, -0.2) is 0 Å². The van der Waals surface area contributed by atoms with E-state index in [9.17, 15) is 4.79 Å². The van der Waals surface area contributed by atoms with Gasteiger partial charge in [-0.2, -0.15) is 0 Å². The normalized spacial score (nSPS) is 25.9. The average molecular weight is 382 g/mol. The largest absolute Gasteiger partial charge is 0.467 e. The van der Waals surface area contributed by atoms with Crippen LogP contribution in [-0.2, 0) is 4.79 Å². The SMILES string of the molecule is Cc1ccc(NC(=O)[C@@H]2[C@@H]3NC(=S)N(C)[C@]2(C)Oc2ccccc23)c(C)c1. The molecule has 4 rings (SSSR count). The maximum atomic E-state index is 13.4. The number of para-hydroxylation sites is 1. The fourth-order valence-corrected chi connectivity index (χ4v) is 4.34. The quantitative estimate of drug-likeness (QED) is 0.780. The van der Waals surface area contributed by atoms with Gasteiger partial charge in [0, 0.05) is 18.3 Å². The zero-order valence-corrected chi connectivity index (χ0v) is 16.7. The molecule has 2 heterocycles. The van der Waals surface area contributed by atoms with Crippen LogP contribution in [0.15, 0.2) is 42.5 Å². The molecule has 1 amide bonds. The lowest BCUT2D eigenvalue weighted by Gasteiger charge is -2.55. The molecule has 0 spiro atoms. The van der Waals surface area contributed by atoms with Crippen molar-refractivity contribution in [2.24, 2.45) is 5.92 Å². The Hall–Kier alpha value is -2.60. The molecule has 140 valence electrons. The second-order valence-corrected chi connectivity index (χ2v) is 7.85. The summed E-state index contributed by atoms with van der Waals surface area (Å²) >= 11 is 5.49. The number of rotatable bonds is 2. The summed E-state index contributed by atoms with van der Waals surface area (Å²) in [6, 6.07) is 13.6. The first-order chi connectivity index (χ1) is 12.8. The first kappa shape index (κ1) is 17.8. The lowest BCUT2D eigenvalue weighted by atomic mass is 9.79. The van der Waals surface area contributed by atoms with Crippen LogP contribution in [0.2, 0.25) is 0 Å². The number of ether oxygens (including phenoxy) is 1. The number of thiocarbonyl (C=S) groups is 1. The lowest BCUT2D eigenvalue weighted by Crippen LogP contribution is -2.70. The molecular formula is C21H23N3O2S. The molecule has 0 radical (unpaired) electrons. The van der Waals surface area contributed by atoms with Crippen molar-refractivity contribution >= 4 is 28.9 Å². The fraction of sp³-hybridized carbons (Fsp3) is 0.333. The van der Waals surface area contributed by atoms with Crippen molar-refractivity contribution in [1.82, 2.24) is 10.2 Å². The van der Waals surface area contributed by atoms with E-state index in [1.165, 1.54) is 0 Å². The van der Waals surface area contributed by atoms with Crippen molar-refractivity contribution in [2.75, 3.05) is 12.4 Å². The molecule has 2 N–H and O–H groups in total. The number of nitrogens with one attached hydrogen (secondary N) is 2. The monoisotopic (exact) mass is 381 g/mol. The van der Waals surface area contributed by atoms with Crippen LogP contribution in [0.4, 0.5) is 5.69 Å². The summed E-state index contributed by atoms with van der Waals surface area (Å²) in [5, 5.41) is 7.01. The molecule has 5 nitrogen and oxygen atoms in total. The molecule has 1 fully saturated rings. The van der Waals surface area contributed by atoms with E-state index in [0.29, 0.717) is 5.11 Å². The minimum atomic E-state index is -0.871. The van der Waals surface area contributed by atoms with E-state index >= 15 is 0 Å². The molecule has 2 aromatic carbocycles. The van der Waals surface area contributed by atoms with E-state index in [4.69, 9.17) is 17.0 Å². The van der Waals surface area contributed by atoms with Gasteiger partial charge in [0.05, 0.1) is 6.04 Å². The molecule has 0 saturated carbocycles. The first-order valence-corrected chi connectivity index (χ1v) is 9.42. The number of anilines is 1. The molecule has 2 aromatic rings. The molecule has 2 bridgehead atoms. The van der Waals surface area contributed by atoms with Crippen molar-refractivity contribution in [3.63, 3.8) is 0 Å². The second-order valence-electron chi connectivity index (χ2n) is 7.47. The van der Waals surface area contributed by atoms with Crippen LogP contribution in [0.25, 0.3) is 0 Å². The van der Waals surface area contributed by atoms with E-state index < -0.39 is 11.6 Å². The Labute approximate surface area is 164 Å². The smallest absolute Gasteiger partial charge is 0.236 e. The third-order valence-corrected chi connectivity index (χ3v) is 6.04. The van der Waals surface area contributed by atoms with E-state index in [2.05, 4.69) is 16.7 Å². The van der Waals surface area contributed by atoms with Crippen molar-refractivity contribution in [2.45, 2.75) is 32.5 Å². The van der Waals surface area contributed by atoms with Crippen LogP contribution in [-0.4, -0.2) is 28.7 Å². The number of fused-ring (bicyclic) bond motifs is 4. The minimum absolute atomic E-state index is 0.0918. The van der Waals surface area contributed by atoms with Gasteiger partial charge in [0.2, 0.25) is 5.91 Å². The van der Waals surface area contributed by atoms with Crippen molar-refractivity contribution in [1.29, 1.82) is 0 Å². The van der Waals surface area contributed by atoms with Crippen molar-refractivity contribution in [3.05, 3.63) is 59.2 Å². The van der Waals surface area contributed by atoms with E-state index in [1.54, 1.807) is 0 Å². The number of carbonyl (C=O) groups excluding carboxylic acids is 1. The standard InChI is InChI=1S/C21H23N3O2S/c1-12-9-10-15(13(2)11-12)22-19(25)17-18-14-7-5-6-8-16(14)26-21(17,3)24(4)20(27)23-18/h5-11,17-18H,1-4H3,(H,22,25)(H,23,27)/t17-,18+,21+/m0/s1. The van der Waals surface area contributed by atoms with E-state index in [0.717, 1.165) is 28.1 Å². The van der Waals surface area contributed by atoms with Gasteiger partial charge in [0.25, 0.3) is 0 Å². The van der Waals surface area contributed by atoms with Gasteiger partial charge >= 0.3 is 0 Å². The predicted molar refractivity (Wildman–Crippen MR) is 110 cm³/mol. The highest BCUT2D eigenvalue weighted by atomic mass is 32.1. The van der Waals surface area contributed by atoms with Crippen LogP contribution in [0.1, 0.15) is 29.7 Å². The first-order valence-electron chi connectivity index (χ1n) is 9.01. The summed E-state index contributed by atoms with van der Waals surface area (Å²) in [5.41, 5.74) is 3.09. The van der Waals surface area contributed by atoms with Gasteiger partial charge in [-0.15, -0.1) is 0 Å². The Morgan fingerprint density at radius 3 is 2.74 bits per heavy atom. The third-order valence-electron chi connectivity index (χ3n) is 5.65. The highest BCUT2D eigenvalue weighted by molar-refractivity contribution is 7.80. The number of benzene rings is 2. The molecule has 3 atom stereocenters. The van der Waals surface area contributed by atoms with Gasteiger partial charge in [-0.3, -0.25) is 4.79 Å². The highest BCUT2D eigenvalue weighted by Gasteiger charge is 2.57. The Morgan fingerprint density at radius 2 is 2.00 bits per heavy atom. The van der Waals surface area contributed by atoms with E-state index in [1.807, 2.05) is 69.1 Å². The van der Waals surface area contributed by atoms with Crippen molar-refractivity contribution in [3.8, 4) is 5.75 Å². The highest BCUT2D eigenvalue weighted by Crippen LogP contribution is 2.47. The summed E-state index contributed by atoms with van der Waals surface area (Å²) in [4.78, 5) is 15.2. The lowest BCUT2D eigenvalue weighted by molar-refractivity contribution is -0.146. The fourth-order valence-electron chi connectivity index (χ4n) is 4.03. The topological polar surface area (TPSA) is 53.6 Å². The van der Waals surface area contributed by atoms with E-state index in [-0.39, 0.29) is 11.9 Å². The third kappa shape index (κ3) is 2.75. The Bertz CT molecular complexity index is 945. The number of hydrogen-bond acceptors (Lipinski definition) is 3. The number of hydrogen-bond donors (Lipinski definition) is 2. The van der Waals surface area contributed by atoms with Crippen LogP contribution in [0.5, 0.6) is 5.75 Å². The molecule has 2 aliphatic rings. The van der Waals surface area contributed by atoms with Gasteiger partial charge in [0.1, 0.15) is 11.7 Å². The van der Waals surface area contributed by atoms with Crippen LogP contribution >= 0.6 is 12.2 Å². The summed E-state index contributed by atoms with van der Waals surface area (Å²) in [7, 11) is 1.86. The summed E-state index contributed by atoms with van der Waals surface area (Å²) in [6.45, 7) is 5.96. The molecular weight excluding hydrogens is 358 g/mol. The number of amides is 1. The Kier molecular flexibility index (Phi) is 4.11. The molecule has 0 unspecified atom stereocenters. The molecule has 1 saturated heterocycles. The molecule has 0 aliphatic carbocycles. The summed E-state index contributed by atoms with van der Waals surface area (Å²) < 4.78 is 6.33. The predicted octanol–water partition coefficient (Wildman–Crippen LogP) is 3.53. The molecule has 6 heteroatoms. The van der Waals surface area contributed by atoms with Crippen LogP contribution < -0.4 is 15.4 Å². The number of aryl methyl sites for hydroxylation is 2. The Morgan fingerprint density at radius 1 is 1.26 bits per heavy atom. The average Bonchev–Trinajstić information content (AvgIpc) is 2.62. The molecule has 27 heavy (non-hydrogen) atoms. The second kappa shape index (κ2) is 6.23. The van der Waals surface area contributed by atoms with Crippen molar-refractivity contribution < 1.29 is 9.53 Å². The maximum Gasteiger partial charge on any atom is 0.236 e. The number of carbonyl (C=O) groups is 1. The minimum Gasteiger partial charge on any atom is -0.467 e. The van der Waals surface area contributed by atoms with Gasteiger partial charge in [-0.05, 0) is 50.7 Å². The molecule has 2 aliphatic heterocycles. The summed E-state index contributed by atoms with van der Waals surface area (Å²) in [6.07, 6.45) is 0. The van der Waals surface area contributed by atoms with Crippen LogP contribution in [0.3, 0.4) is 0 Å². The van der Waals surface area contributed by atoms with Crippen LogP contribution in [0, 0.1) is 19.8 Å². The van der Waals surface area contributed by atoms with Gasteiger partial charge in [0.15, 0.2) is 10.8 Å². The zero-order chi connectivity index (χ0) is 19.3. The zero-order valence-electron chi connectivity index (χ0n) is 15.9. The summed E-state index contributed by atoms with van der Waals surface area (Å²) in [5.74, 6) is 0.220. The Balaban J connectivity index is 1.74.